The summed E-state index contributed by atoms with van der Waals surface area (Å²) in [5.74, 6) is 0.861. The number of ether oxygens (including phenoxy) is 2. The van der Waals surface area contributed by atoms with Gasteiger partial charge in [0.1, 0.15) is 22.1 Å². The first-order chi connectivity index (χ1) is 13.5. The molecule has 4 aromatic rings. The molecule has 0 spiro atoms. The zero-order chi connectivity index (χ0) is 20.0. The van der Waals surface area contributed by atoms with E-state index in [1.165, 1.54) is 7.11 Å². The van der Waals surface area contributed by atoms with Crippen molar-refractivity contribution in [3.05, 3.63) is 41.0 Å². The van der Waals surface area contributed by atoms with Gasteiger partial charge in [0.25, 0.3) is 0 Å². The predicted molar refractivity (Wildman–Crippen MR) is 108 cm³/mol. The van der Waals surface area contributed by atoms with Gasteiger partial charge in [0, 0.05) is 19.0 Å². The second-order valence-corrected chi connectivity index (χ2v) is 6.74. The van der Waals surface area contributed by atoms with Gasteiger partial charge in [0.2, 0.25) is 0 Å². The molecule has 0 atom stereocenters. The zero-order valence-corrected chi connectivity index (χ0v) is 16.7. The number of benzene rings is 1. The summed E-state index contributed by atoms with van der Waals surface area (Å²) in [7, 11) is 4.83. The lowest BCUT2D eigenvalue weighted by atomic mass is 10.2. The minimum Gasteiger partial charge on any atom is -0.494 e. The minimum atomic E-state index is -0.436. The quantitative estimate of drug-likeness (QED) is 0.383. The van der Waals surface area contributed by atoms with Crippen molar-refractivity contribution in [2.24, 2.45) is 7.05 Å². The number of fused-ring (bicyclic) bond motifs is 2. The number of methoxy groups -OCH3 is 2. The van der Waals surface area contributed by atoms with Gasteiger partial charge in [-0.3, -0.25) is 0 Å². The summed E-state index contributed by atoms with van der Waals surface area (Å²) in [5.41, 5.74) is 3.55. The van der Waals surface area contributed by atoms with Crippen LogP contribution < -0.4 is 4.74 Å². The highest BCUT2D eigenvalue weighted by Crippen LogP contribution is 2.34. The van der Waals surface area contributed by atoms with Gasteiger partial charge in [-0.05, 0) is 37.3 Å². The van der Waals surface area contributed by atoms with Crippen LogP contribution in [0.2, 0.25) is 5.15 Å². The number of imidazole rings is 1. The number of aryl methyl sites for hydroxylation is 2. The summed E-state index contributed by atoms with van der Waals surface area (Å²) in [6.45, 7) is 2.75. The molecule has 3 heterocycles. The van der Waals surface area contributed by atoms with Crippen LogP contribution >= 0.6 is 11.6 Å². The van der Waals surface area contributed by atoms with Gasteiger partial charge in [-0.15, -0.1) is 0 Å². The van der Waals surface area contributed by atoms with Crippen LogP contribution in [0, 0.1) is 0 Å². The van der Waals surface area contributed by atoms with Crippen molar-refractivity contribution in [2.45, 2.75) is 13.5 Å². The van der Waals surface area contributed by atoms with E-state index in [1.54, 1.807) is 25.3 Å². The average Bonchev–Trinajstić information content (AvgIpc) is 3.23. The van der Waals surface area contributed by atoms with E-state index in [2.05, 4.69) is 9.55 Å². The number of pyridine rings is 1. The third-order valence-corrected chi connectivity index (χ3v) is 5.04. The second kappa shape index (κ2) is 6.83. The summed E-state index contributed by atoms with van der Waals surface area (Å²) < 4.78 is 14.4. The number of hydrogen-bond donors (Lipinski definition) is 0. The van der Waals surface area contributed by atoms with Crippen molar-refractivity contribution in [3.63, 3.8) is 0 Å². The van der Waals surface area contributed by atoms with Crippen molar-refractivity contribution in [1.82, 2.24) is 19.1 Å². The number of hydrogen-bond acceptors (Lipinski definition) is 5. The smallest absolute Gasteiger partial charge is 0.338 e. The molecule has 1 aromatic carbocycles. The fraction of sp³-hybridized carbons (Fsp3) is 0.250. The first-order valence-corrected chi connectivity index (χ1v) is 9.15. The van der Waals surface area contributed by atoms with Gasteiger partial charge in [-0.2, -0.15) is 0 Å². The molecule has 0 saturated heterocycles. The molecule has 3 aromatic heterocycles. The normalized spacial score (nSPS) is 11.3. The molecule has 7 nitrogen and oxygen atoms in total. The zero-order valence-electron chi connectivity index (χ0n) is 16.0. The maximum Gasteiger partial charge on any atom is 0.338 e. The Morgan fingerprint density at radius 2 is 1.96 bits per heavy atom. The second-order valence-electron chi connectivity index (χ2n) is 6.35. The molecule has 28 heavy (non-hydrogen) atoms. The average molecular weight is 399 g/mol. The highest BCUT2D eigenvalue weighted by molar-refractivity contribution is 6.29. The number of carbonyl (C=O) groups is 1. The third kappa shape index (κ3) is 2.70. The van der Waals surface area contributed by atoms with Gasteiger partial charge >= 0.3 is 5.97 Å². The number of nitrogens with zero attached hydrogens (tertiary/aromatic N) is 4. The van der Waals surface area contributed by atoms with Gasteiger partial charge in [-0.1, -0.05) is 11.6 Å². The van der Waals surface area contributed by atoms with Crippen LogP contribution in [0.3, 0.4) is 0 Å². The van der Waals surface area contributed by atoms with Crippen molar-refractivity contribution in [1.29, 1.82) is 0 Å². The molecule has 0 aliphatic heterocycles. The van der Waals surface area contributed by atoms with E-state index in [-0.39, 0.29) is 0 Å². The van der Waals surface area contributed by atoms with Crippen molar-refractivity contribution in [2.75, 3.05) is 14.2 Å². The van der Waals surface area contributed by atoms with Gasteiger partial charge in [0.05, 0.1) is 31.0 Å². The predicted octanol–water partition coefficient (Wildman–Crippen LogP) is 4.06. The van der Waals surface area contributed by atoms with E-state index < -0.39 is 5.97 Å². The van der Waals surface area contributed by atoms with Crippen LogP contribution in [-0.2, 0) is 18.3 Å². The van der Waals surface area contributed by atoms with Gasteiger partial charge < -0.3 is 18.6 Å². The lowest BCUT2D eigenvalue weighted by molar-refractivity contribution is 0.0600. The fourth-order valence-electron chi connectivity index (χ4n) is 3.54. The molecule has 0 unspecified atom stereocenters. The summed E-state index contributed by atoms with van der Waals surface area (Å²) in [6, 6.07) is 9.13. The van der Waals surface area contributed by atoms with Crippen LogP contribution in [0.25, 0.3) is 33.6 Å². The molecular weight excluding hydrogens is 380 g/mol. The Morgan fingerprint density at radius 1 is 1.18 bits per heavy atom. The Balaban J connectivity index is 2.01. The molecule has 0 bridgehead atoms. The molecule has 0 amide bonds. The Hall–Kier alpha value is -3.06. The third-order valence-electron chi connectivity index (χ3n) is 4.83. The number of esters is 1. The van der Waals surface area contributed by atoms with Crippen LogP contribution in [-0.4, -0.2) is 39.3 Å². The standard InChI is InChI=1S/C20H19ClN4O3/c1-5-25-14(9-11-6-7-16(21)23-18(11)25)19-22-13-8-12(20(26)28-4)10-15(27-3)17(13)24(19)2/h6-10H,5H2,1-4H3. The number of carbonyl (C=O) groups excluding carboxylic acids is 1. The molecule has 4 rings (SSSR count). The van der Waals surface area contributed by atoms with E-state index in [1.807, 2.05) is 30.7 Å². The van der Waals surface area contributed by atoms with Crippen molar-refractivity contribution >= 4 is 39.6 Å². The number of rotatable bonds is 4. The van der Waals surface area contributed by atoms with Crippen LogP contribution in [0.1, 0.15) is 17.3 Å². The first kappa shape index (κ1) is 18.3. The van der Waals surface area contributed by atoms with Crippen LogP contribution in [0.5, 0.6) is 5.75 Å². The van der Waals surface area contributed by atoms with Crippen LogP contribution in [0.15, 0.2) is 30.3 Å². The Bertz CT molecular complexity index is 1230. The highest BCUT2D eigenvalue weighted by Gasteiger charge is 2.21. The fourth-order valence-corrected chi connectivity index (χ4v) is 3.68. The first-order valence-electron chi connectivity index (χ1n) is 8.77. The molecule has 0 aliphatic carbocycles. The largest absolute Gasteiger partial charge is 0.494 e. The van der Waals surface area contributed by atoms with E-state index >= 15 is 0 Å². The summed E-state index contributed by atoms with van der Waals surface area (Å²) in [4.78, 5) is 21.3. The molecule has 0 radical (unpaired) electrons. The lowest BCUT2D eigenvalue weighted by Gasteiger charge is -2.09. The summed E-state index contributed by atoms with van der Waals surface area (Å²) in [6.07, 6.45) is 0. The lowest BCUT2D eigenvalue weighted by Crippen LogP contribution is -2.03. The Labute approximate surface area is 166 Å². The Kier molecular flexibility index (Phi) is 4.47. The maximum absolute atomic E-state index is 12.0. The van der Waals surface area contributed by atoms with Crippen LogP contribution in [0.4, 0.5) is 0 Å². The molecule has 0 aliphatic rings. The topological polar surface area (TPSA) is 71.2 Å². The van der Waals surface area contributed by atoms with Crippen molar-refractivity contribution in [3.8, 4) is 17.3 Å². The molecule has 144 valence electrons. The maximum atomic E-state index is 12.0. The number of aromatic nitrogens is 4. The Morgan fingerprint density at radius 3 is 2.64 bits per heavy atom. The highest BCUT2D eigenvalue weighted by atomic mass is 35.5. The summed E-state index contributed by atoms with van der Waals surface area (Å²) in [5, 5.41) is 1.43. The number of halogens is 1. The van der Waals surface area contributed by atoms with Gasteiger partial charge in [-0.25, -0.2) is 14.8 Å². The van der Waals surface area contributed by atoms with Gasteiger partial charge in [0.15, 0.2) is 5.82 Å². The van der Waals surface area contributed by atoms with E-state index in [0.29, 0.717) is 28.5 Å². The SMILES string of the molecule is CCn1c(-c2nc3cc(C(=O)OC)cc(OC)c3n2C)cc2ccc(Cl)nc21. The van der Waals surface area contributed by atoms with E-state index in [0.717, 1.165) is 28.1 Å². The van der Waals surface area contributed by atoms with Crippen molar-refractivity contribution < 1.29 is 14.3 Å². The molecule has 8 heteroatoms. The summed E-state index contributed by atoms with van der Waals surface area (Å²) >= 11 is 6.09. The van der Waals surface area contributed by atoms with E-state index in [9.17, 15) is 4.79 Å². The monoisotopic (exact) mass is 398 g/mol. The minimum absolute atomic E-state index is 0.390. The molecular formula is C20H19ClN4O3. The molecule has 0 fully saturated rings. The molecule has 0 N–H and O–H groups in total. The van der Waals surface area contributed by atoms with E-state index in [4.69, 9.17) is 26.1 Å². The molecule has 0 saturated carbocycles.